The highest BCUT2D eigenvalue weighted by Gasteiger charge is 2.17. The van der Waals surface area contributed by atoms with Gasteiger partial charge in [0.2, 0.25) is 10.0 Å². The van der Waals surface area contributed by atoms with Gasteiger partial charge in [-0.3, -0.25) is 4.79 Å². The molecule has 0 saturated heterocycles. The summed E-state index contributed by atoms with van der Waals surface area (Å²) in [6.45, 7) is 1.28. The molecule has 0 heterocycles. The normalized spacial score (nSPS) is 12.6. The molecule has 134 valence electrons. The topological polar surface area (TPSA) is 86.7 Å². The molecule has 2 N–H and O–H groups in total. The van der Waals surface area contributed by atoms with Gasteiger partial charge in [0.1, 0.15) is 0 Å². The van der Waals surface area contributed by atoms with E-state index in [9.17, 15) is 18.3 Å². The molecule has 0 bridgehead atoms. The van der Waals surface area contributed by atoms with Crippen LogP contribution in [0.15, 0.2) is 53.4 Å². The van der Waals surface area contributed by atoms with Gasteiger partial charge in [-0.25, -0.2) is 13.1 Å². The first-order valence-corrected chi connectivity index (χ1v) is 9.25. The molecule has 2 aromatic rings. The number of anilines is 1. The molecule has 0 aliphatic rings. The zero-order valence-corrected chi connectivity index (χ0v) is 15.2. The number of Topliss-reactive ketones (excluding diaryl/α,β-unsaturated/α-hetero) is 1. The summed E-state index contributed by atoms with van der Waals surface area (Å²) < 4.78 is 26.9. The second kappa shape index (κ2) is 7.77. The third kappa shape index (κ3) is 4.88. The number of rotatable bonds is 7. The largest absolute Gasteiger partial charge is 0.387 e. The Morgan fingerprint density at radius 3 is 2.12 bits per heavy atom. The minimum absolute atomic E-state index is 0.0488. The van der Waals surface area contributed by atoms with Gasteiger partial charge < -0.3 is 10.0 Å². The molecule has 0 amide bonds. The molecule has 0 radical (unpaired) electrons. The summed E-state index contributed by atoms with van der Waals surface area (Å²) in [6.07, 6.45) is -0.956. The fourth-order valence-corrected chi connectivity index (χ4v) is 3.29. The number of carbonyl (C=O) groups is 1. The minimum Gasteiger partial charge on any atom is -0.387 e. The molecule has 1 unspecified atom stereocenters. The molecule has 6 nitrogen and oxygen atoms in total. The van der Waals surface area contributed by atoms with E-state index in [4.69, 9.17) is 0 Å². The van der Waals surface area contributed by atoms with Gasteiger partial charge in [0.15, 0.2) is 5.78 Å². The first-order valence-electron chi connectivity index (χ1n) is 7.77. The quantitative estimate of drug-likeness (QED) is 0.736. The van der Waals surface area contributed by atoms with Crippen molar-refractivity contribution in [2.45, 2.75) is 17.9 Å². The van der Waals surface area contributed by atoms with Crippen LogP contribution in [0.5, 0.6) is 0 Å². The van der Waals surface area contributed by atoms with Gasteiger partial charge in [0.25, 0.3) is 0 Å². The van der Waals surface area contributed by atoms with Crippen molar-refractivity contribution in [2.24, 2.45) is 0 Å². The maximum absolute atomic E-state index is 12.3. The third-order valence-electron chi connectivity index (χ3n) is 3.83. The van der Waals surface area contributed by atoms with E-state index < -0.39 is 16.1 Å². The average molecular weight is 362 g/mol. The number of carbonyl (C=O) groups excluding carboxylic acids is 1. The van der Waals surface area contributed by atoms with Crippen molar-refractivity contribution in [1.82, 2.24) is 4.72 Å². The first-order chi connectivity index (χ1) is 11.7. The van der Waals surface area contributed by atoms with Gasteiger partial charge in [-0.2, -0.15) is 0 Å². The lowest BCUT2D eigenvalue weighted by Crippen LogP contribution is -2.28. The molecule has 0 saturated carbocycles. The average Bonchev–Trinajstić information content (AvgIpc) is 2.60. The predicted octanol–water partition coefficient (Wildman–Crippen LogP) is 1.97. The Morgan fingerprint density at radius 1 is 1.08 bits per heavy atom. The number of nitrogens with zero attached hydrogens (tertiary/aromatic N) is 1. The summed E-state index contributed by atoms with van der Waals surface area (Å²) in [4.78, 5) is 13.2. The van der Waals surface area contributed by atoms with E-state index in [1.165, 1.54) is 31.2 Å². The fraction of sp³-hybridized carbons (Fsp3) is 0.278. The van der Waals surface area contributed by atoms with Gasteiger partial charge in [0.05, 0.1) is 11.0 Å². The number of aliphatic hydroxyl groups excluding tert-OH is 1. The van der Waals surface area contributed by atoms with Crippen LogP contribution in [-0.2, 0) is 10.0 Å². The third-order valence-corrected chi connectivity index (χ3v) is 5.27. The number of nitrogens with one attached hydrogen (secondary N) is 1. The number of ketones is 1. The molecular weight excluding hydrogens is 340 g/mol. The van der Waals surface area contributed by atoms with Crippen molar-refractivity contribution >= 4 is 21.5 Å². The van der Waals surface area contributed by atoms with E-state index in [-0.39, 0.29) is 17.2 Å². The van der Waals surface area contributed by atoms with E-state index in [1.54, 1.807) is 12.1 Å². The Labute approximate surface area is 148 Å². The lowest BCUT2D eigenvalue weighted by molar-refractivity contribution is 0.101. The second-order valence-corrected chi connectivity index (χ2v) is 7.70. The molecular formula is C18H22N2O4S. The number of hydrogen-bond acceptors (Lipinski definition) is 5. The summed E-state index contributed by atoms with van der Waals surface area (Å²) in [6, 6.07) is 12.9. The van der Waals surface area contributed by atoms with E-state index in [2.05, 4.69) is 4.72 Å². The van der Waals surface area contributed by atoms with Gasteiger partial charge >= 0.3 is 0 Å². The molecule has 0 fully saturated rings. The fourth-order valence-electron chi connectivity index (χ4n) is 2.25. The predicted molar refractivity (Wildman–Crippen MR) is 97.4 cm³/mol. The number of hydrogen-bond donors (Lipinski definition) is 2. The van der Waals surface area contributed by atoms with Gasteiger partial charge in [-0.1, -0.05) is 24.3 Å². The van der Waals surface area contributed by atoms with Crippen molar-refractivity contribution in [3.8, 4) is 0 Å². The first kappa shape index (κ1) is 19.1. The van der Waals surface area contributed by atoms with Crippen LogP contribution in [0.4, 0.5) is 5.69 Å². The van der Waals surface area contributed by atoms with Crippen LogP contribution in [-0.4, -0.2) is 39.9 Å². The summed E-state index contributed by atoms with van der Waals surface area (Å²) in [7, 11) is 0.0703. The highest BCUT2D eigenvalue weighted by molar-refractivity contribution is 7.89. The maximum atomic E-state index is 12.3. The summed E-state index contributed by atoms with van der Waals surface area (Å²) in [5, 5.41) is 10.2. The number of benzene rings is 2. The lowest BCUT2D eigenvalue weighted by atomic mass is 10.1. The second-order valence-electron chi connectivity index (χ2n) is 5.93. The highest BCUT2D eigenvalue weighted by atomic mass is 32.2. The summed E-state index contributed by atoms with van der Waals surface area (Å²) >= 11 is 0. The highest BCUT2D eigenvalue weighted by Crippen LogP contribution is 2.18. The van der Waals surface area contributed by atoms with Crippen molar-refractivity contribution in [3.63, 3.8) is 0 Å². The Morgan fingerprint density at radius 2 is 1.64 bits per heavy atom. The van der Waals surface area contributed by atoms with Crippen molar-refractivity contribution in [3.05, 3.63) is 59.7 Å². The van der Waals surface area contributed by atoms with Gasteiger partial charge in [-0.15, -0.1) is 0 Å². The molecule has 0 aromatic heterocycles. The lowest BCUT2D eigenvalue weighted by Gasteiger charge is -2.16. The Bertz CT molecular complexity index is 828. The van der Waals surface area contributed by atoms with Crippen LogP contribution in [0.3, 0.4) is 0 Å². The van der Waals surface area contributed by atoms with Crippen molar-refractivity contribution in [2.75, 3.05) is 25.5 Å². The van der Waals surface area contributed by atoms with Crippen LogP contribution in [0, 0.1) is 0 Å². The Kier molecular flexibility index (Phi) is 5.94. The van der Waals surface area contributed by atoms with E-state index in [0.717, 1.165) is 5.69 Å². The molecule has 1 atom stereocenters. The van der Waals surface area contributed by atoms with Crippen LogP contribution < -0.4 is 9.62 Å². The van der Waals surface area contributed by atoms with E-state index >= 15 is 0 Å². The van der Waals surface area contributed by atoms with Crippen molar-refractivity contribution < 1.29 is 18.3 Å². The Balaban J connectivity index is 2.04. The zero-order valence-electron chi connectivity index (χ0n) is 14.4. The molecule has 0 aliphatic heterocycles. The minimum atomic E-state index is -3.76. The van der Waals surface area contributed by atoms with Crippen LogP contribution >= 0.6 is 0 Å². The Hall–Kier alpha value is -2.22. The number of aliphatic hydroxyl groups is 1. The van der Waals surface area contributed by atoms with Crippen LogP contribution in [0.2, 0.25) is 0 Å². The molecule has 25 heavy (non-hydrogen) atoms. The zero-order chi connectivity index (χ0) is 18.6. The summed E-state index contributed by atoms with van der Waals surface area (Å²) in [5.41, 5.74) is 2.06. The number of sulfonamides is 1. The SMILES string of the molecule is CC(=O)c1ccc(S(=O)(=O)NCC(O)c2ccc(N(C)C)cc2)cc1. The van der Waals surface area contributed by atoms with Crippen LogP contribution in [0.1, 0.15) is 28.9 Å². The molecule has 0 aliphatic carbocycles. The smallest absolute Gasteiger partial charge is 0.240 e. The van der Waals surface area contributed by atoms with E-state index in [1.807, 2.05) is 31.1 Å². The van der Waals surface area contributed by atoms with Gasteiger partial charge in [-0.05, 0) is 36.8 Å². The molecule has 7 heteroatoms. The van der Waals surface area contributed by atoms with Crippen molar-refractivity contribution in [1.29, 1.82) is 0 Å². The molecule has 0 spiro atoms. The van der Waals surface area contributed by atoms with Gasteiger partial charge in [0, 0.05) is 31.9 Å². The molecule has 2 rings (SSSR count). The molecule has 2 aromatic carbocycles. The van der Waals surface area contributed by atoms with E-state index in [0.29, 0.717) is 11.1 Å². The monoisotopic (exact) mass is 362 g/mol. The standard InChI is InChI=1S/C18H22N2O4S/c1-13(21)14-6-10-17(11-7-14)25(23,24)19-12-18(22)15-4-8-16(9-5-15)20(2)3/h4-11,18-19,22H,12H2,1-3H3. The summed E-state index contributed by atoms with van der Waals surface area (Å²) in [5.74, 6) is -0.131. The maximum Gasteiger partial charge on any atom is 0.240 e. The van der Waals surface area contributed by atoms with Crippen LogP contribution in [0.25, 0.3) is 0 Å².